The van der Waals surface area contributed by atoms with E-state index < -0.39 is 18.2 Å². The van der Waals surface area contributed by atoms with Crippen molar-refractivity contribution in [3.8, 4) is 33.6 Å². The van der Waals surface area contributed by atoms with Crippen molar-refractivity contribution >= 4 is 35.0 Å². The zero-order valence-electron chi connectivity index (χ0n) is 26.7. The van der Waals surface area contributed by atoms with E-state index in [2.05, 4.69) is 15.9 Å². The molecule has 0 saturated carbocycles. The Morgan fingerprint density at radius 2 is 1.15 bits per heavy atom. The minimum Gasteiger partial charge on any atom is -0.481 e. The molecule has 250 valence electrons. The molecule has 9 nitrogen and oxygen atoms in total. The standard InChI is InChI=1S/C37H38Cl2N4O5/c1-22(44)16-25(45)20-42-14-12-31-23(18-42)8-10-33(40-31)29-6-2-4-27(36(29)38)28-5-3-7-30(37(28)39)34-11-9-24-19-43(15-13-32(24)41-34)21-26(46)17-35(47)48/h2-11,25-26,45-46H,12-21H2,1H3,(H,47,48)/t25-,26-/m0/s1. The Bertz CT molecular complexity index is 1720. The van der Waals surface area contributed by atoms with E-state index in [0.29, 0.717) is 49.2 Å². The zero-order valence-corrected chi connectivity index (χ0v) is 28.2. The minimum absolute atomic E-state index is 0.0167. The molecule has 2 aromatic heterocycles. The molecule has 2 atom stereocenters. The van der Waals surface area contributed by atoms with Gasteiger partial charge in [0, 0.05) is 92.2 Å². The number of ketones is 1. The monoisotopic (exact) mass is 688 g/mol. The van der Waals surface area contributed by atoms with Crippen molar-refractivity contribution in [3.05, 3.63) is 93.2 Å². The molecule has 48 heavy (non-hydrogen) atoms. The van der Waals surface area contributed by atoms with E-state index in [1.807, 2.05) is 54.6 Å². The minimum atomic E-state index is -1.01. The lowest BCUT2D eigenvalue weighted by molar-refractivity contribution is -0.139. The van der Waals surface area contributed by atoms with Gasteiger partial charge in [0.05, 0.1) is 40.1 Å². The van der Waals surface area contributed by atoms with Crippen LogP contribution in [0.15, 0.2) is 60.7 Å². The first kappa shape index (κ1) is 34.2. The molecule has 0 bridgehead atoms. The fourth-order valence-corrected chi connectivity index (χ4v) is 7.34. The molecule has 0 spiro atoms. The number of fused-ring (bicyclic) bond motifs is 2. The number of pyridine rings is 2. The van der Waals surface area contributed by atoms with Gasteiger partial charge in [0.25, 0.3) is 0 Å². The number of carboxylic acids is 1. The van der Waals surface area contributed by atoms with Gasteiger partial charge in [-0.2, -0.15) is 0 Å². The van der Waals surface area contributed by atoms with Gasteiger partial charge in [0.15, 0.2) is 0 Å². The number of carboxylic acid groups (broad SMARTS) is 1. The number of Topliss-reactive ketones (excluding diaryl/α,β-unsaturated/α-hetero) is 1. The SMILES string of the molecule is CC(=O)C[C@H](O)CN1CCc2nc(-c3cccc(-c4cccc(-c5ccc6c(n5)CCN(C[C@@H](O)CC(=O)O)C6)c4Cl)c3Cl)ccc2C1. The van der Waals surface area contributed by atoms with Crippen LogP contribution in [0.2, 0.25) is 10.0 Å². The number of rotatable bonds is 11. The summed E-state index contributed by atoms with van der Waals surface area (Å²) in [6.07, 6.45) is -0.279. The second kappa shape index (κ2) is 14.8. The van der Waals surface area contributed by atoms with Crippen LogP contribution in [-0.4, -0.2) is 85.2 Å². The highest BCUT2D eigenvalue weighted by atomic mass is 35.5. The van der Waals surface area contributed by atoms with Crippen molar-refractivity contribution in [1.82, 2.24) is 19.8 Å². The van der Waals surface area contributed by atoms with Crippen LogP contribution in [0, 0.1) is 0 Å². The normalized spacial score (nSPS) is 16.2. The van der Waals surface area contributed by atoms with Crippen molar-refractivity contribution < 1.29 is 24.9 Å². The van der Waals surface area contributed by atoms with Crippen molar-refractivity contribution in [2.24, 2.45) is 0 Å². The summed E-state index contributed by atoms with van der Waals surface area (Å²) in [5.41, 5.74) is 8.83. The lowest BCUT2D eigenvalue weighted by Gasteiger charge is -2.30. The highest BCUT2D eigenvalue weighted by molar-refractivity contribution is 6.39. The van der Waals surface area contributed by atoms with Crippen LogP contribution in [0.4, 0.5) is 0 Å². The van der Waals surface area contributed by atoms with Gasteiger partial charge in [-0.25, -0.2) is 0 Å². The summed E-state index contributed by atoms with van der Waals surface area (Å²) in [6, 6.07) is 19.7. The third-order valence-electron chi connectivity index (χ3n) is 8.97. The summed E-state index contributed by atoms with van der Waals surface area (Å²) in [6.45, 7) is 4.93. The maximum absolute atomic E-state index is 11.4. The summed E-state index contributed by atoms with van der Waals surface area (Å²) >= 11 is 14.2. The van der Waals surface area contributed by atoms with Crippen LogP contribution in [0.5, 0.6) is 0 Å². The van der Waals surface area contributed by atoms with Gasteiger partial charge < -0.3 is 15.3 Å². The molecule has 3 N–H and O–H groups in total. The van der Waals surface area contributed by atoms with Crippen molar-refractivity contribution in [1.29, 1.82) is 0 Å². The highest BCUT2D eigenvalue weighted by Gasteiger charge is 2.24. The van der Waals surface area contributed by atoms with Gasteiger partial charge in [-0.1, -0.05) is 71.7 Å². The topological polar surface area (TPSA) is 127 Å². The molecule has 2 aliphatic rings. The molecule has 2 aliphatic heterocycles. The number of nitrogens with zero attached hydrogens (tertiary/aromatic N) is 4. The molecule has 0 unspecified atom stereocenters. The van der Waals surface area contributed by atoms with Crippen molar-refractivity contribution in [3.63, 3.8) is 0 Å². The fourth-order valence-electron chi connectivity index (χ4n) is 6.70. The van der Waals surface area contributed by atoms with E-state index in [1.54, 1.807) is 0 Å². The number of aliphatic hydroxyl groups is 2. The van der Waals surface area contributed by atoms with Crippen LogP contribution < -0.4 is 0 Å². The molecule has 4 aromatic rings. The third kappa shape index (κ3) is 7.78. The molecule has 2 aromatic carbocycles. The number of aliphatic carboxylic acids is 1. The second-order valence-electron chi connectivity index (χ2n) is 12.7. The van der Waals surface area contributed by atoms with Gasteiger partial charge in [-0.15, -0.1) is 0 Å². The molecule has 0 amide bonds. The van der Waals surface area contributed by atoms with Crippen molar-refractivity contribution in [2.45, 2.75) is 57.9 Å². The Morgan fingerprint density at radius 3 is 1.58 bits per heavy atom. The van der Waals surface area contributed by atoms with Gasteiger partial charge in [0.2, 0.25) is 0 Å². The fraction of sp³-hybridized carbons (Fsp3) is 0.351. The average molecular weight is 690 g/mol. The van der Waals surface area contributed by atoms with Gasteiger partial charge in [-0.3, -0.25) is 29.4 Å². The molecular weight excluding hydrogens is 651 g/mol. The highest BCUT2D eigenvalue weighted by Crippen LogP contribution is 2.42. The lowest BCUT2D eigenvalue weighted by Crippen LogP contribution is -2.37. The van der Waals surface area contributed by atoms with E-state index in [1.165, 1.54) is 6.92 Å². The number of halogens is 2. The number of β-amino-alcohol motifs (C(OH)–C–C–N with tert-alkyl or cyclic N) is 2. The molecule has 0 saturated heterocycles. The molecule has 0 radical (unpaired) electrons. The summed E-state index contributed by atoms with van der Waals surface area (Å²) < 4.78 is 0. The molecule has 4 heterocycles. The molecule has 0 fully saturated rings. The number of carbonyl (C=O) groups is 2. The van der Waals surface area contributed by atoms with Crippen LogP contribution in [0.25, 0.3) is 33.6 Å². The number of aromatic nitrogens is 2. The Labute approximate surface area is 289 Å². The van der Waals surface area contributed by atoms with E-state index in [0.717, 1.165) is 69.1 Å². The van der Waals surface area contributed by atoms with E-state index in [4.69, 9.17) is 38.3 Å². The maximum atomic E-state index is 11.4. The first-order valence-corrected chi connectivity index (χ1v) is 16.9. The Kier molecular flexibility index (Phi) is 10.6. The summed E-state index contributed by atoms with van der Waals surface area (Å²) in [7, 11) is 0. The predicted octanol–water partition coefficient (Wildman–Crippen LogP) is 5.68. The summed E-state index contributed by atoms with van der Waals surface area (Å²) in [4.78, 5) is 36.5. The van der Waals surface area contributed by atoms with Crippen LogP contribution in [-0.2, 0) is 35.5 Å². The largest absolute Gasteiger partial charge is 0.481 e. The number of hydrogen-bond donors (Lipinski definition) is 3. The second-order valence-corrected chi connectivity index (χ2v) is 13.5. The number of aliphatic hydroxyl groups excluding tert-OH is 2. The Balaban J connectivity index is 1.21. The van der Waals surface area contributed by atoms with Crippen molar-refractivity contribution in [2.75, 3.05) is 26.2 Å². The van der Waals surface area contributed by atoms with Crippen LogP contribution in [0.1, 0.15) is 42.3 Å². The van der Waals surface area contributed by atoms with E-state index in [9.17, 15) is 19.8 Å². The van der Waals surface area contributed by atoms with E-state index >= 15 is 0 Å². The third-order valence-corrected chi connectivity index (χ3v) is 9.78. The first-order chi connectivity index (χ1) is 23.0. The lowest BCUT2D eigenvalue weighted by atomic mass is 9.97. The van der Waals surface area contributed by atoms with E-state index in [-0.39, 0.29) is 18.6 Å². The first-order valence-electron chi connectivity index (χ1n) is 16.1. The number of carbonyl (C=O) groups excluding carboxylic acids is 1. The Hall–Kier alpha value is -3.70. The predicted molar refractivity (Wildman–Crippen MR) is 186 cm³/mol. The van der Waals surface area contributed by atoms with Crippen LogP contribution >= 0.6 is 23.2 Å². The summed E-state index contributed by atoms with van der Waals surface area (Å²) in [5.74, 6) is -1.03. The van der Waals surface area contributed by atoms with Crippen LogP contribution in [0.3, 0.4) is 0 Å². The molecule has 0 aliphatic carbocycles. The number of benzene rings is 2. The average Bonchev–Trinajstić information content (AvgIpc) is 3.04. The van der Waals surface area contributed by atoms with Gasteiger partial charge in [0.1, 0.15) is 5.78 Å². The van der Waals surface area contributed by atoms with Gasteiger partial charge >= 0.3 is 5.97 Å². The molecular formula is C37H38Cl2N4O5. The maximum Gasteiger partial charge on any atom is 0.306 e. The summed E-state index contributed by atoms with van der Waals surface area (Å²) in [5, 5.41) is 30.4. The number of hydrogen-bond acceptors (Lipinski definition) is 8. The quantitative estimate of drug-likeness (QED) is 0.183. The van der Waals surface area contributed by atoms with Gasteiger partial charge in [-0.05, 0) is 30.2 Å². The molecule has 11 heteroatoms. The smallest absolute Gasteiger partial charge is 0.306 e. The Morgan fingerprint density at radius 1 is 0.708 bits per heavy atom. The zero-order chi connectivity index (χ0) is 33.9. The molecule has 6 rings (SSSR count).